The average Bonchev–Trinajstić information content (AvgIpc) is 2.68. The zero-order chi connectivity index (χ0) is 14.6. The molecule has 0 bridgehead atoms. The van der Waals surface area contributed by atoms with Gasteiger partial charge in [-0.05, 0) is 13.3 Å². The topological polar surface area (TPSA) is 95.3 Å². The summed E-state index contributed by atoms with van der Waals surface area (Å²) in [4.78, 5) is 27.0. The zero-order valence-corrected chi connectivity index (χ0v) is 11.9. The highest BCUT2D eigenvalue weighted by molar-refractivity contribution is 5.99. The van der Waals surface area contributed by atoms with Crippen LogP contribution in [0.25, 0.3) is 0 Å². The minimum absolute atomic E-state index is 0.0328. The van der Waals surface area contributed by atoms with Crippen molar-refractivity contribution in [3.63, 3.8) is 0 Å². The maximum atomic E-state index is 12.3. The number of aromatic amines is 1. The van der Waals surface area contributed by atoms with Crippen molar-refractivity contribution >= 4 is 17.5 Å². The molecule has 0 unspecified atom stereocenters. The quantitative estimate of drug-likeness (QED) is 0.799. The van der Waals surface area contributed by atoms with E-state index in [1.807, 2.05) is 6.92 Å². The minimum atomic E-state index is -0.320. The summed E-state index contributed by atoms with van der Waals surface area (Å²) in [6.45, 7) is 4.21. The molecule has 1 rings (SSSR count). The highest BCUT2D eigenvalue weighted by atomic mass is 16.2. The number of nitrogens with two attached hydrogens (primary N) is 1. The number of amides is 2. The third-order valence-corrected chi connectivity index (χ3v) is 2.80. The van der Waals surface area contributed by atoms with Crippen LogP contribution < -0.4 is 5.73 Å². The van der Waals surface area contributed by atoms with E-state index in [1.54, 1.807) is 21.0 Å². The van der Waals surface area contributed by atoms with Crippen molar-refractivity contribution in [2.75, 3.05) is 32.9 Å². The fourth-order valence-electron chi connectivity index (χ4n) is 1.58. The second-order valence-corrected chi connectivity index (χ2v) is 4.63. The summed E-state index contributed by atoms with van der Waals surface area (Å²) in [5.41, 5.74) is 6.96. The molecule has 0 aliphatic heterocycles. The minimum Gasteiger partial charge on any atom is -0.395 e. The first-order chi connectivity index (χ1) is 8.88. The highest BCUT2D eigenvalue weighted by Gasteiger charge is 2.23. The third-order valence-electron chi connectivity index (χ3n) is 2.80. The van der Waals surface area contributed by atoms with Gasteiger partial charge in [-0.3, -0.25) is 14.7 Å². The van der Waals surface area contributed by atoms with Gasteiger partial charge in [0, 0.05) is 20.6 Å². The van der Waals surface area contributed by atoms with Crippen molar-refractivity contribution in [2.45, 2.75) is 20.3 Å². The van der Waals surface area contributed by atoms with E-state index in [0.717, 1.165) is 6.42 Å². The van der Waals surface area contributed by atoms with E-state index in [4.69, 9.17) is 5.73 Å². The number of aryl methyl sites for hydroxylation is 1. The predicted octanol–water partition coefficient (Wildman–Crippen LogP) is 0.241. The molecule has 7 heteroatoms. The smallest absolute Gasteiger partial charge is 0.276 e. The maximum Gasteiger partial charge on any atom is 0.276 e. The number of anilines is 1. The second-order valence-electron chi connectivity index (χ2n) is 4.63. The largest absolute Gasteiger partial charge is 0.395 e. The van der Waals surface area contributed by atoms with Crippen LogP contribution in [0.1, 0.15) is 29.5 Å². The van der Waals surface area contributed by atoms with Crippen LogP contribution in [0, 0.1) is 6.92 Å². The lowest BCUT2D eigenvalue weighted by atomic mass is 10.2. The molecule has 0 fully saturated rings. The number of carbonyl (C=O) groups is 2. The lowest BCUT2D eigenvalue weighted by molar-refractivity contribution is -0.129. The number of aromatic nitrogens is 2. The fourth-order valence-corrected chi connectivity index (χ4v) is 1.58. The first-order valence-electron chi connectivity index (χ1n) is 6.18. The van der Waals surface area contributed by atoms with Gasteiger partial charge in [-0.2, -0.15) is 5.10 Å². The van der Waals surface area contributed by atoms with Crippen LogP contribution >= 0.6 is 0 Å². The van der Waals surface area contributed by atoms with E-state index < -0.39 is 0 Å². The normalized spacial score (nSPS) is 10.3. The first kappa shape index (κ1) is 15.0. The predicted molar refractivity (Wildman–Crippen MR) is 72.6 cm³/mol. The summed E-state index contributed by atoms with van der Waals surface area (Å²) in [6.07, 6.45) is 0.760. The van der Waals surface area contributed by atoms with Crippen molar-refractivity contribution in [2.24, 2.45) is 0 Å². The van der Waals surface area contributed by atoms with E-state index >= 15 is 0 Å². The second kappa shape index (κ2) is 6.21. The van der Waals surface area contributed by atoms with Crippen molar-refractivity contribution < 1.29 is 9.59 Å². The maximum absolute atomic E-state index is 12.3. The molecule has 1 heterocycles. The average molecular weight is 267 g/mol. The zero-order valence-electron chi connectivity index (χ0n) is 11.9. The number of hydrogen-bond donors (Lipinski definition) is 2. The van der Waals surface area contributed by atoms with Crippen molar-refractivity contribution in [3.8, 4) is 0 Å². The third kappa shape index (κ3) is 3.46. The van der Waals surface area contributed by atoms with E-state index in [1.165, 1.54) is 9.80 Å². The molecule has 0 spiro atoms. The van der Waals surface area contributed by atoms with Gasteiger partial charge in [0.25, 0.3) is 5.91 Å². The monoisotopic (exact) mass is 267 g/mol. The van der Waals surface area contributed by atoms with Gasteiger partial charge in [-0.25, -0.2) is 0 Å². The molecule has 0 aromatic carbocycles. The number of carbonyl (C=O) groups excluding carboxylic acids is 2. The van der Waals surface area contributed by atoms with Gasteiger partial charge < -0.3 is 15.5 Å². The molecule has 0 aliphatic rings. The molecule has 2 amide bonds. The number of nitrogens with one attached hydrogen (secondary N) is 1. The molecule has 0 saturated heterocycles. The Balaban J connectivity index is 2.90. The summed E-state index contributed by atoms with van der Waals surface area (Å²) in [5.74, 6) is -0.452. The number of nitrogens with zero attached hydrogens (tertiary/aromatic N) is 3. The summed E-state index contributed by atoms with van der Waals surface area (Å²) in [6, 6.07) is 0. The van der Waals surface area contributed by atoms with Crippen LogP contribution in [0.5, 0.6) is 0 Å². The van der Waals surface area contributed by atoms with E-state index in [2.05, 4.69) is 10.2 Å². The molecule has 1 aromatic rings. The molecular formula is C12H21N5O2. The molecule has 7 nitrogen and oxygen atoms in total. The first-order valence-corrected chi connectivity index (χ1v) is 6.18. The Kier molecular flexibility index (Phi) is 4.91. The summed E-state index contributed by atoms with van der Waals surface area (Å²) < 4.78 is 0. The van der Waals surface area contributed by atoms with Crippen LogP contribution in [-0.4, -0.2) is 59.0 Å². The molecule has 1 aromatic heterocycles. The van der Waals surface area contributed by atoms with Crippen LogP contribution in [0.4, 0.5) is 5.69 Å². The van der Waals surface area contributed by atoms with Gasteiger partial charge in [0.05, 0.1) is 11.4 Å². The Labute approximate surface area is 112 Å². The standard InChI is InChI=1S/C12H21N5O2/c1-5-6-17(7-9(18)16(3)4)12(19)11-10(13)8(2)14-15-11/h5-7,13H2,1-4H3,(H,14,15). The molecule has 19 heavy (non-hydrogen) atoms. The molecule has 0 aliphatic carbocycles. The van der Waals surface area contributed by atoms with Crippen LogP contribution in [-0.2, 0) is 4.79 Å². The number of rotatable bonds is 5. The molecule has 3 N–H and O–H groups in total. The van der Waals surface area contributed by atoms with Crippen molar-refractivity contribution in [3.05, 3.63) is 11.4 Å². The van der Waals surface area contributed by atoms with Gasteiger partial charge >= 0.3 is 0 Å². The van der Waals surface area contributed by atoms with Gasteiger partial charge in [-0.15, -0.1) is 0 Å². The van der Waals surface area contributed by atoms with E-state index in [-0.39, 0.29) is 24.1 Å². The van der Waals surface area contributed by atoms with Crippen molar-refractivity contribution in [1.82, 2.24) is 20.0 Å². The Morgan fingerprint density at radius 2 is 2.00 bits per heavy atom. The lowest BCUT2D eigenvalue weighted by Gasteiger charge is -2.22. The Hall–Kier alpha value is -2.05. The SMILES string of the molecule is CCCN(CC(=O)N(C)C)C(=O)c1n[nH]c(C)c1N. The number of likely N-dealkylation sites (N-methyl/N-ethyl adjacent to an activating group) is 1. The number of nitrogen functional groups attached to an aromatic ring is 1. The molecule has 0 radical (unpaired) electrons. The van der Waals surface area contributed by atoms with Crippen LogP contribution in [0.3, 0.4) is 0 Å². The number of hydrogen-bond acceptors (Lipinski definition) is 4. The molecule has 0 saturated carbocycles. The van der Waals surface area contributed by atoms with Crippen LogP contribution in [0.2, 0.25) is 0 Å². The fraction of sp³-hybridized carbons (Fsp3) is 0.583. The Bertz CT molecular complexity index is 467. The highest BCUT2D eigenvalue weighted by Crippen LogP contribution is 2.15. The number of H-pyrrole nitrogens is 1. The summed E-state index contributed by atoms with van der Waals surface area (Å²) in [5, 5.41) is 6.58. The van der Waals surface area contributed by atoms with E-state index in [0.29, 0.717) is 17.9 Å². The van der Waals surface area contributed by atoms with Gasteiger partial charge in [-0.1, -0.05) is 6.92 Å². The molecule has 106 valence electrons. The Morgan fingerprint density at radius 3 is 2.42 bits per heavy atom. The van der Waals surface area contributed by atoms with Crippen molar-refractivity contribution in [1.29, 1.82) is 0 Å². The lowest BCUT2D eigenvalue weighted by Crippen LogP contribution is -2.41. The summed E-state index contributed by atoms with van der Waals surface area (Å²) in [7, 11) is 3.31. The Morgan fingerprint density at radius 1 is 1.37 bits per heavy atom. The van der Waals surface area contributed by atoms with Crippen LogP contribution in [0.15, 0.2) is 0 Å². The van der Waals surface area contributed by atoms with E-state index in [9.17, 15) is 9.59 Å². The summed E-state index contributed by atoms with van der Waals surface area (Å²) >= 11 is 0. The van der Waals surface area contributed by atoms with Gasteiger partial charge in [0.15, 0.2) is 5.69 Å². The molecular weight excluding hydrogens is 246 g/mol. The molecule has 0 atom stereocenters. The van der Waals surface area contributed by atoms with Gasteiger partial charge in [0.1, 0.15) is 6.54 Å². The van der Waals surface area contributed by atoms with Gasteiger partial charge in [0.2, 0.25) is 5.91 Å².